The second kappa shape index (κ2) is 9.91. The summed E-state index contributed by atoms with van der Waals surface area (Å²) in [6.45, 7) is 0.552. The molecule has 0 saturated heterocycles. The Kier molecular flexibility index (Phi) is 6.36. The number of nitrogens with zero attached hydrogens (tertiary/aromatic N) is 4. The van der Waals surface area contributed by atoms with E-state index in [0.29, 0.717) is 52.6 Å². The molecule has 36 heavy (non-hydrogen) atoms. The molecule has 0 fully saturated rings. The number of aromatic nitrogens is 4. The maximum absolute atomic E-state index is 14.0. The molecular formula is C27H24FN5O3. The van der Waals surface area contributed by atoms with Gasteiger partial charge in [0.1, 0.15) is 22.8 Å². The molecule has 8 nitrogen and oxygen atoms in total. The van der Waals surface area contributed by atoms with E-state index >= 15 is 0 Å². The van der Waals surface area contributed by atoms with Gasteiger partial charge < -0.3 is 15.2 Å². The molecule has 9 heteroatoms. The fraction of sp³-hybridized carbons (Fsp3) is 0.148. The fourth-order valence-corrected chi connectivity index (χ4v) is 4.08. The van der Waals surface area contributed by atoms with Crippen LogP contribution >= 0.6 is 0 Å². The molecule has 0 amide bonds. The van der Waals surface area contributed by atoms with Crippen LogP contribution in [-0.2, 0) is 13.0 Å². The molecule has 0 unspecified atom stereocenters. The molecule has 0 saturated carbocycles. The van der Waals surface area contributed by atoms with Crippen molar-refractivity contribution in [1.29, 1.82) is 0 Å². The molecule has 2 aromatic heterocycles. The maximum atomic E-state index is 14.0. The summed E-state index contributed by atoms with van der Waals surface area (Å²) in [5, 5.41) is 13.4. The standard InChI is InChI=1S/C27H24FN5O3/c1-36-21-10-6-9-20(15-21)33-25-23(32(27(33)35)17-19-8-3-5-12-24(19)34)16-30-26(31-25)29-14-13-18-7-2-4-11-22(18)28/h2-12,15-16,34H,13-14,17H2,1H3,(H,29,30,31). The smallest absolute Gasteiger partial charge is 0.335 e. The number of anilines is 1. The Labute approximate surface area is 206 Å². The molecule has 0 bridgehead atoms. The van der Waals surface area contributed by atoms with E-state index in [1.54, 1.807) is 80.0 Å². The third-order valence-electron chi connectivity index (χ3n) is 5.94. The second-order valence-electron chi connectivity index (χ2n) is 8.20. The molecule has 3 aromatic carbocycles. The van der Waals surface area contributed by atoms with Crippen LogP contribution in [0, 0.1) is 5.82 Å². The molecule has 2 N–H and O–H groups in total. The van der Waals surface area contributed by atoms with Crippen molar-refractivity contribution in [3.05, 3.63) is 106 Å². The van der Waals surface area contributed by atoms with Gasteiger partial charge in [0.05, 0.1) is 25.5 Å². The highest BCUT2D eigenvalue weighted by atomic mass is 19.1. The summed E-state index contributed by atoms with van der Waals surface area (Å²) in [6, 6.07) is 20.6. The Hall–Kier alpha value is -4.66. The number of fused-ring (bicyclic) bond motifs is 1. The second-order valence-corrected chi connectivity index (χ2v) is 8.20. The van der Waals surface area contributed by atoms with Crippen molar-refractivity contribution in [3.8, 4) is 17.2 Å². The molecule has 0 aliphatic carbocycles. The number of phenolic OH excluding ortho intramolecular Hbond substituents is 1. The molecule has 5 aromatic rings. The molecule has 5 rings (SSSR count). The Morgan fingerprint density at radius 3 is 2.58 bits per heavy atom. The highest BCUT2D eigenvalue weighted by Crippen LogP contribution is 2.23. The van der Waals surface area contributed by atoms with Gasteiger partial charge in [-0.2, -0.15) is 4.98 Å². The lowest BCUT2D eigenvalue weighted by molar-refractivity contribution is 0.414. The lowest BCUT2D eigenvalue weighted by Crippen LogP contribution is -2.23. The zero-order chi connectivity index (χ0) is 25.1. The molecule has 0 aliphatic rings. The van der Waals surface area contributed by atoms with Crippen molar-refractivity contribution in [2.75, 3.05) is 19.0 Å². The van der Waals surface area contributed by atoms with Crippen LogP contribution in [0.3, 0.4) is 0 Å². The maximum Gasteiger partial charge on any atom is 0.335 e. The van der Waals surface area contributed by atoms with E-state index in [2.05, 4.69) is 15.3 Å². The Balaban J connectivity index is 1.55. The molecule has 182 valence electrons. The summed E-state index contributed by atoms with van der Waals surface area (Å²) < 4.78 is 22.3. The number of ether oxygens (including phenoxy) is 1. The number of nitrogens with one attached hydrogen (secondary N) is 1. The van der Waals surface area contributed by atoms with E-state index in [1.165, 1.54) is 15.2 Å². The van der Waals surface area contributed by atoms with Gasteiger partial charge in [-0.1, -0.05) is 42.5 Å². The minimum atomic E-state index is -0.334. The van der Waals surface area contributed by atoms with Crippen molar-refractivity contribution in [3.63, 3.8) is 0 Å². The summed E-state index contributed by atoms with van der Waals surface area (Å²) in [5.74, 6) is 0.747. The van der Waals surface area contributed by atoms with E-state index in [4.69, 9.17) is 4.74 Å². The van der Waals surface area contributed by atoms with Crippen LogP contribution in [0.25, 0.3) is 16.9 Å². The van der Waals surface area contributed by atoms with Crippen LogP contribution in [0.5, 0.6) is 11.5 Å². The number of halogens is 1. The van der Waals surface area contributed by atoms with Crippen LogP contribution in [-0.4, -0.2) is 37.9 Å². The average molecular weight is 486 g/mol. The highest BCUT2D eigenvalue weighted by Gasteiger charge is 2.19. The van der Waals surface area contributed by atoms with E-state index in [-0.39, 0.29) is 23.8 Å². The first-order chi connectivity index (χ1) is 17.5. The summed E-state index contributed by atoms with van der Waals surface area (Å²) in [6.07, 6.45) is 2.02. The number of hydrogen-bond acceptors (Lipinski definition) is 6. The van der Waals surface area contributed by atoms with Crippen LogP contribution in [0.15, 0.2) is 83.8 Å². The zero-order valence-corrected chi connectivity index (χ0v) is 19.6. The van der Waals surface area contributed by atoms with Gasteiger partial charge >= 0.3 is 5.69 Å². The summed E-state index contributed by atoms with van der Waals surface area (Å²) in [7, 11) is 1.56. The van der Waals surface area contributed by atoms with Gasteiger partial charge in [0.25, 0.3) is 0 Å². The normalized spacial score (nSPS) is 11.1. The lowest BCUT2D eigenvalue weighted by atomic mass is 10.1. The SMILES string of the molecule is COc1cccc(-n2c(=O)n(Cc3ccccc3O)c3cnc(NCCc4ccccc4F)nc32)c1. The van der Waals surface area contributed by atoms with E-state index in [0.717, 1.165) is 0 Å². The largest absolute Gasteiger partial charge is 0.508 e. The molecule has 0 atom stereocenters. The zero-order valence-electron chi connectivity index (χ0n) is 19.6. The van der Waals surface area contributed by atoms with E-state index in [1.807, 2.05) is 0 Å². The monoisotopic (exact) mass is 485 g/mol. The van der Waals surface area contributed by atoms with Crippen LogP contribution in [0.4, 0.5) is 10.3 Å². The number of phenols is 1. The van der Waals surface area contributed by atoms with Crippen molar-refractivity contribution >= 4 is 17.1 Å². The van der Waals surface area contributed by atoms with Gasteiger partial charge in [0.2, 0.25) is 5.95 Å². The van der Waals surface area contributed by atoms with Crippen LogP contribution < -0.4 is 15.7 Å². The molecular weight excluding hydrogens is 461 g/mol. The third kappa shape index (κ3) is 4.50. The third-order valence-corrected chi connectivity index (χ3v) is 5.94. The first kappa shape index (κ1) is 23.1. The number of methoxy groups -OCH3 is 1. The number of benzene rings is 3. The molecule has 2 heterocycles. The van der Waals surface area contributed by atoms with E-state index in [9.17, 15) is 14.3 Å². The lowest BCUT2D eigenvalue weighted by Gasteiger charge is -2.08. The predicted octanol–water partition coefficient (Wildman–Crippen LogP) is 4.14. The van der Waals surface area contributed by atoms with Crippen molar-refractivity contribution in [1.82, 2.24) is 19.1 Å². The Bertz CT molecular complexity index is 1590. The first-order valence-corrected chi connectivity index (χ1v) is 11.4. The predicted molar refractivity (Wildman–Crippen MR) is 135 cm³/mol. The van der Waals surface area contributed by atoms with Gasteiger partial charge in [-0.25, -0.2) is 18.7 Å². The summed E-state index contributed by atoms with van der Waals surface area (Å²) >= 11 is 0. The molecule has 0 aliphatic heterocycles. The minimum Gasteiger partial charge on any atom is -0.508 e. The van der Waals surface area contributed by atoms with Gasteiger partial charge in [-0.3, -0.25) is 4.57 Å². The fourth-order valence-electron chi connectivity index (χ4n) is 4.08. The van der Waals surface area contributed by atoms with Crippen LogP contribution in [0.2, 0.25) is 0 Å². The number of aromatic hydroxyl groups is 1. The van der Waals surface area contributed by atoms with Crippen molar-refractivity contribution < 1.29 is 14.2 Å². The van der Waals surface area contributed by atoms with Gasteiger partial charge in [-0.15, -0.1) is 0 Å². The molecule has 0 spiro atoms. The van der Waals surface area contributed by atoms with Crippen LogP contribution in [0.1, 0.15) is 11.1 Å². The van der Waals surface area contributed by atoms with Gasteiger partial charge in [-0.05, 0) is 36.2 Å². The number of para-hydroxylation sites is 1. The van der Waals surface area contributed by atoms with Gasteiger partial charge in [0, 0.05) is 18.2 Å². The number of rotatable bonds is 8. The topological polar surface area (TPSA) is 94.2 Å². The van der Waals surface area contributed by atoms with Crippen molar-refractivity contribution in [2.24, 2.45) is 0 Å². The average Bonchev–Trinajstić information content (AvgIpc) is 3.17. The number of imidazole rings is 1. The highest BCUT2D eigenvalue weighted by molar-refractivity contribution is 5.74. The quantitative estimate of drug-likeness (QED) is 0.343. The van der Waals surface area contributed by atoms with Crippen molar-refractivity contribution in [2.45, 2.75) is 13.0 Å². The Morgan fingerprint density at radius 1 is 1.03 bits per heavy atom. The van der Waals surface area contributed by atoms with E-state index < -0.39 is 0 Å². The first-order valence-electron chi connectivity index (χ1n) is 11.4. The summed E-state index contributed by atoms with van der Waals surface area (Å²) in [4.78, 5) is 22.6. The Morgan fingerprint density at radius 2 is 1.81 bits per heavy atom. The van der Waals surface area contributed by atoms with Gasteiger partial charge in [0.15, 0.2) is 5.65 Å². The minimum absolute atomic E-state index is 0.0963. The number of hydrogen-bond donors (Lipinski definition) is 2. The summed E-state index contributed by atoms with van der Waals surface area (Å²) in [5.41, 5.74) is 2.33. The molecule has 0 radical (unpaired) electrons.